The number of aromatic nitrogens is 6. The lowest BCUT2D eigenvalue weighted by molar-refractivity contribution is 0.312. The second kappa shape index (κ2) is 9.09. The zero-order valence-corrected chi connectivity index (χ0v) is 20.5. The van der Waals surface area contributed by atoms with Crippen LogP contribution in [0.1, 0.15) is 13.3 Å². The van der Waals surface area contributed by atoms with E-state index in [9.17, 15) is 0 Å². The molecule has 5 aromatic heterocycles. The Kier molecular flexibility index (Phi) is 5.61. The van der Waals surface area contributed by atoms with E-state index in [2.05, 4.69) is 79.0 Å². The third kappa shape index (κ3) is 4.07. The number of pyridine rings is 3. The van der Waals surface area contributed by atoms with Crippen molar-refractivity contribution in [2.24, 2.45) is 0 Å². The van der Waals surface area contributed by atoms with Crippen LogP contribution < -0.4 is 10.2 Å². The number of rotatable bonds is 6. The van der Waals surface area contributed by atoms with Crippen LogP contribution in [0.25, 0.3) is 44.5 Å². The number of H-pyrrole nitrogens is 2. The molecule has 0 radical (unpaired) electrons. The van der Waals surface area contributed by atoms with Gasteiger partial charge in [-0.15, -0.1) is 0 Å². The van der Waals surface area contributed by atoms with E-state index in [1.165, 1.54) is 0 Å². The molecule has 36 heavy (non-hydrogen) atoms. The SMILES string of the molecule is C=C(CC)Nc1cncc(-c2cnc3n[nH]c(-c4cc5c(N6CCN(C)CC6)nccc5[nH]4)c3c2)c1. The highest BCUT2D eigenvalue weighted by molar-refractivity contribution is 5.99. The highest BCUT2D eigenvalue weighted by Crippen LogP contribution is 2.33. The Hall–Kier alpha value is -4.24. The van der Waals surface area contributed by atoms with E-state index in [-0.39, 0.29) is 0 Å². The van der Waals surface area contributed by atoms with Crippen molar-refractivity contribution in [3.8, 4) is 22.5 Å². The molecule has 0 amide bonds. The van der Waals surface area contributed by atoms with Crippen LogP contribution in [-0.2, 0) is 0 Å². The second-order valence-corrected chi connectivity index (χ2v) is 9.31. The van der Waals surface area contributed by atoms with Crippen molar-refractivity contribution in [2.75, 3.05) is 43.4 Å². The van der Waals surface area contributed by atoms with E-state index in [4.69, 9.17) is 4.98 Å². The minimum Gasteiger partial charge on any atom is -0.358 e. The van der Waals surface area contributed by atoms with Gasteiger partial charge in [-0.3, -0.25) is 10.1 Å². The first-order valence-electron chi connectivity index (χ1n) is 12.2. The summed E-state index contributed by atoms with van der Waals surface area (Å²) in [4.78, 5) is 22.0. The van der Waals surface area contributed by atoms with Gasteiger partial charge in [-0.1, -0.05) is 13.5 Å². The van der Waals surface area contributed by atoms with Crippen molar-refractivity contribution in [3.05, 3.63) is 61.3 Å². The summed E-state index contributed by atoms with van der Waals surface area (Å²) in [5.74, 6) is 1.02. The van der Waals surface area contributed by atoms with Crippen LogP contribution >= 0.6 is 0 Å². The fourth-order valence-electron chi connectivity index (χ4n) is 4.67. The predicted octanol–water partition coefficient (Wildman–Crippen LogP) is 4.65. The van der Waals surface area contributed by atoms with Gasteiger partial charge in [0.2, 0.25) is 0 Å². The van der Waals surface area contributed by atoms with Crippen LogP contribution in [0, 0.1) is 0 Å². The Morgan fingerprint density at radius 2 is 1.86 bits per heavy atom. The molecule has 0 atom stereocenters. The van der Waals surface area contributed by atoms with Gasteiger partial charge in [-0.25, -0.2) is 9.97 Å². The zero-order chi connectivity index (χ0) is 24.6. The molecule has 182 valence electrons. The number of hydrogen-bond acceptors (Lipinski definition) is 7. The molecule has 0 bridgehead atoms. The van der Waals surface area contributed by atoms with Crippen molar-refractivity contribution < 1.29 is 0 Å². The van der Waals surface area contributed by atoms with Gasteiger partial charge in [0.1, 0.15) is 5.82 Å². The van der Waals surface area contributed by atoms with Crippen LogP contribution in [-0.4, -0.2) is 68.3 Å². The molecule has 9 heteroatoms. The van der Waals surface area contributed by atoms with Gasteiger partial charge in [-0.05, 0) is 37.7 Å². The Bertz CT molecular complexity index is 1560. The number of nitrogens with zero attached hydrogens (tertiary/aromatic N) is 6. The van der Waals surface area contributed by atoms with Crippen molar-refractivity contribution in [1.82, 2.24) is 35.0 Å². The molecule has 0 aromatic carbocycles. The standard InChI is InChI=1S/C27H29N9/c1-4-17(2)31-20-11-18(14-28-16-20)19-12-22-25(33-34-26(22)30-15-19)24-13-21-23(32-24)5-6-29-27(21)36-9-7-35(3)8-10-36/h5-6,11-16,31-32H,2,4,7-10H2,1,3H3,(H,30,33,34). The lowest BCUT2D eigenvalue weighted by Gasteiger charge is -2.33. The lowest BCUT2D eigenvalue weighted by atomic mass is 10.1. The first-order valence-corrected chi connectivity index (χ1v) is 12.2. The number of piperazine rings is 1. The van der Waals surface area contributed by atoms with Gasteiger partial charge in [0.25, 0.3) is 0 Å². The number of anilines is 2. The molecule has 1 saturated heterocycles. The van der Waals surface area contributed by atoms with Crippen molar-refractivity contribution in [3.63, 3.8) is 0 Å². The molecule has 6 heterocycles. The van der Waals surface area contributed by atoms with Crippen LogP contribution in [0.4, 0.5) is 11.5 Å². The summed E-state index contributed by atoms with van der Waals surface area (Å²) in [6.07, 6.45) is 8.22. The van der Waals surface area contributed by atoms with Crippen molar-refractivity contribution in [1.29, 1.82) is 0 Å². The Morgan fingerprint density at radius 3 is 2.69 bits per heavy atom. The summed E-state index contributed by atoms with van der Waals surface area (Å²) < 4.78 is 0. The molecule has 0 unspecified atom stereocenters. The maximum Gasteiger partial charge on any atom is 0.181 e. The highest BCUT2D eigenvalue weighted by Gasteiger charge is 2.20. The number of allylic oxidation sites excluding steroid dienone is 1. The van der Waals surface area contributed by atoms with Gasteiger partial charge in [-0.2, -0.15) is 5.10 Å². The first-order chi connectivity index (χ1) is 17.6. The average molecular weight is 480 g/mol. The van der Waals surface area contributed by atoms with Gasteiger partial charge in [0, 0.05) is 72.4 Å². The monoisotopic (exact) mass is 479 g/mol. The fraction of sp³-hybridized carbons (Fsp3) is 0.259. The minimum atomic E-state index is 0.673. The van der Waals surface area contributed by atoms with Gasteiger partial charge >= 0.3 is 0 Å². The summed E-state index contributed by atoms with van der Waals surface area (Å²) in [6.45, 7) is 10.1. The number of fused-ring (bicyclic) bond motifs is 2. The number of aromatic amines is 2. The van der Waals surface area contributed by atoms with E-state index >= 15 is 0 Å². The molecule has 1 fully saturated rings. The first kappa shape index (κ1) is 22.2. The molecule has 3 N–H and O–H groups in total. The van der Waals surface area contributed by atoms with E-state index in [0.717, 1.165) is 88.6 Å². The smallest absolute Gasteiger partial charge is 0.181 e. The number of nitrogens with one attached hydrogen (secondary N) is 3. The van der Waals surface area contributed by atoms with E-state index in [1.807, 2.05) is 24.7 Å². The van der Waals surface area contributed by atoms with Gasteiger partial charge < -0.3 is 20.1 Å². The second-order valence-electron chi connectivity index (χ2n) is 9.31. The van der Waals surface area contributed by atoms with Crippen LogP contribution in [0.2, 0.25) is 0 Å². The fourth-order valence-corrected chi connectivity index (χ4v) is 4.67. The topological polar surface area (TPSA) is 102 Å². The third-order valence-electron chi connectivity index (χ3n) is 6.83. The average Bonchev–Trinajstić information content (AvgIpc) is 3.53. The summed E-state index contributed by atoms with van der Waals surface area (Å²) in [5.41, 5.74) is 7.40. The molecule has 1 aliphatic heterocycles. The van der Waals surface area contributed by atoms with Crippen LogP contribution in [0.15, 0.2) is 61.3 Å². The Balaban J connectivity index is 1.38. The largest absolute Gasteiger partial charge is 0.358 e. The predicted molar refractivity (Wildman–Crippen MR) is 145 cm³/mol. The maximum absolute atomic E-state index is 4.73. The molecule has 0 aliphatic carbocycles. The van der Waals surface area contributed by atoms with E-state index in [1.54, 1.807) is 6.20 Å². The normalized spacial score (nSPS) is 14.6. The van der Waals surface area contributed by atoms with Gasteiger partial charge in [0.05, 0.1) is 28.8 Å². The van der Waals surface area contributed by atoms with E-state index < -0.39 is 0 Å². The minimum absolute atomic E-state index is 0.673. The summed E-state index contributed by atoms with van der Waals surface area (Å²) in [6, 6.07) is 8.36. The summed E-state index contributed by atoms with van der Waals surface area (Å²) >= 11 is 0. The molecule has 0 spiro atoms. The lowest BCUT2D eigenvalue weighted by Crippen LogP contribution is -2.44. The molecule has 6 rings (SSSR count). The molecular formula is C27H29N9. The summed E-state index contributed by atoms with van der Waals surface area (Å²) in [5, 5.41) is 13.0. The van der Waals surface area contributed by atoms with Crippen molar-refractivity contribution >= 4 is 33.4 Å². The number of likely N-dealkylation sites (N-methyl/N-ethyl adjacent to an activating group) is 1. The molecule has 5 aromatic rings. The molecule has 9 nitrogen and oxygen atoms in total. The quantitative estimate of drug-likeness (QED) is 0.326. The Morgan fingerprint density at radius 1 is 1.03 bits per heavy atom. The maximum atomic E-state index is 4.73. The summed E-state index contributed by atoms with van der Waals surface area (Å²) in [7, 11) is 2.16. The van der Waals surface area contributed by atoms with Crippen LogP contribution in [0.5, 0.6) is 0 Å². The van der Waals surface area contributed by atoms with Crippen LogP contribution in [0.3, 0.4) is 0 Å². The third-order valence-corrected chi connectivity index (χ3v) is 6.83. The zero-order valence-electron chi connectivity index (χ0n) is 20.5. The number of hydrogen-bond donors (Lipinski definition) is 3. The van der Waals surface area contributed by atoms with E-state index in [0.29, 0.717) is 5.65 Å². The molecule has 0 saturated carbocycles. The highest BCUT2D eigenvalue weighted by atomic mass is 15.3. The molecular weight excluding hydrogens is 450 g/mol. The van der Waals surface area contributed by atoms with Gasteiger partial charge in [0.15, 0.2) is 5.65 Å². The molecule has 1 aliphatic rings. The van der Waals surface area contributed by atoms with Crippen molar-refractivity contribution in [2.45, 2.75) is 13.3 Å². The Labute approximate surface area is 209 Å².